The maximum atomic E-state index is 13.4. The summed E-state index contributed by atoms with van der Waals surface area (Å²) in [5, 5.41) is 12.4. The van der Waals surface area contributed by atoms with Gasteiger partial charge in [0.05, 0.1) is 5.56 Å². The van der Waals surface area contributed by atoms with Gasteiger partial charge in [0.2, 0.25) is 5.91 Å². The van der Waals surface area contributed by atoms with Gasteiger partial charge in [0.15, 0.2) is 0 Å². The second kappa shape index (κ2) is 9.01. The highest BCUT2D eigenvalue weighted by Crippen LogP contribution is 2.20. The molecular weight excluding hydrogens is 396 g/mol. The number of amides is 3. The quantitative estimate of drug-likeness (QED) is 0.361. The standard InChI is InChI=1S/C23H26N4O4/c1-23(2,3)25-20(28)14-27(13-15-8-10-16(11-9-15)21(29)26-31)22(30)18-12-24-19-7-5-4-6-17(18)19/h4-12,24,31H,13-14H2,1-3H3,(H,25,28)(H,26,29). The molecule has 3 rings (SSSR count). The van der Waals surface area contributed by atoms with Crippen LogP contribution >= 0.6 is 0 Å². The number of carbonyl (C=O) groups excluding carboxylic acids is 3. The molecule has 0 radical (unpaired) electrons. The Kier molecular flexibility index (Phi) is 6.41. The molecule has 0 atom stereocenters. The summed E-state index contributed by atoms with van der Waals surface area (Å²) in [6.07, 6.45) is 1.65. The average molecular weight is 422 g/mol. The topological polar surface area (TPSA) is 115 Å². The number of nitrogens with one attached hydrogen (secondary N) is 3. The highest BCUT2D eigenvalue weighted by molar-refractivity contribution is 6.07. The van der Waals surface area contributed by atoms with Gasteiger partial charge in [0.1, 0.15) is 6.54 Å². The lowest BCUT2D eigenvalue weighted by Crippen LogP contribution is -2.47. The van der Waals surface area contributed by atoms with Crippen molar-refractivity contribution < 1.29 is 19.6 Å². The number of carbonyl (C=O) groups is 3. The zero-order chi connectivity index (χ0) is 22.6. The molecule has 0 aliphatic carbocycles. The minimum atomic E-state index is -0.622. The Labute approximate surface area is 180 Å². The van der Waals surface area contributed by atoms with E-state index in [4.69, 9.17) is 5.21 Å². The zero-order valence-electron chi connectivity index (χ0n) is 17.7. The van der Waals surface area contributed by atoms with Crippen molar-refractivity contribution in [3.8, 4) is 0 Å². The van der Waals surface area contributed by atoms with E-state index in [-0.39, 0.29) is 30.5 Å². The minimum Gasteiger partial charge on any atom is -0.360 e. The first-order chi connectivity index (χ1) is 14.7. The lowest BCUT2D eigenvalue weighted by molar-refractivity contribution is -0.123. The third-order valence-electron chi connectivity index (χ3n) is 4.65. The molecule has 2 aromatic carbocycles. The number of para-hydroxylation sites is 1. The van der Waals surface area contributed by atoms with Crippen molar-refractivity contribution in [2.45, 2.75) is 32.9 Å². The number of benzene rings is 2. The van der Waals surface area contributed by atoms with Crippen LogP contribution < -0.4 is 10.8 Å². The van der Waals surface area contributed by atoms with Gasteiger partial charge >= 0.3 is 0 Å². The zero-order valence-corrected chi connectivity index (χ0v) is 17.7. The summed E-state index contributed by atoms with van der Waals surface area (Å²) in [6, 6.07) is 13.9. The van der Waals surface area contributed by atoms with Gasteiger partial charge in [0, 0.05) is 34.7 Å². The van der Waals surface area contributed by atoms with Crippen molar-refractivity contribution >= 4 is 28.6 Å². The number of aromatic amines is 1. The lowest BCUT2D eigenvalue weighted by Gasteiger charge is -2.26. The van der Waals surface area contributed by atoms with E-state index in [0.29, 0.717) is 5.56 Å². The van der Waals surface area contributed by atoms with Crippen molar-refractivity contribution in [2.75, 3.05) is 6.54 Å². The molecule has 0 aliphatic rings. The van der Waals surface area contributed by atoms with Crippen molar-refractivity contribution in [3.05, 3.63) is 71.4 Å². The number of nitrogens with zero attached hydrogens (tertiary/aromatic N) is 1. The number of aromatic nitrogens is 1. The van der Waals surface area contributed by atoms with E-state index in [0.717, 1.165) is 16.5 Å². The summed E-state index contributed by atoms with van der Waals surface area (Å²) in [7, 11) is 0. The number of hydrogen-bond donors (Lipinski definition) is 4. The van der Waals surface area contributed by atoms with Crippen LogP contribution in [-0.2, 0) is 11.3 Å². The number of rotatable bonds is 6. The Hall–Kier alpha value is -3.65. The second-order valence-electron chi connectivity index (χ2n) is 8.35. The smallest absolute Gasteiger partial charge is 0.274 e. The van der Waals surface area contributed by atoms with Crippen LogP contribution in [0.15, 0.2) is 54.7 Å². The maximum absolute atomic E-state index is 13.4. The molecule has 0 unspecified atom stereocenters. The molecule has 0 fully saturated rings. The lowest BCUT2D eigenvalue weighted by atomic mass is 10.1. The molecule has 0 saturated heterocycles. The van der Waals surface area contributed by atoms with Crippen molar-refractivity contribution in [2.24, 2.45) is 0 Å². The van der Waals surface area contributed by atoms with Crippen LogP contribution in [0.5, 0.6) is 0 Å². The predicted octanol–water partition coefficient (Wildman–Crippen LogP) is 2.84. The van der Waals surface area contributed by atoms with Gasteiger partial charge in [-0.3, -0.25) is 19.6 Å². The predicted molar refractivity (Wildman–Crippen MR) is 117 cm³/mol. The molecule has 162 valence electrons. The molecule has 0 aliphatic heterocycles. The fourth-order valence-electron chi connectivity index (χ4n) is 3.30. The van der Waals surface area contributed by atoms with Crippen LogP contribution in [0.1, 0.15) is 47.1 Å². The molecule has 8 heteroatoms. The Bertz CT molecular complexity index is 1100. The largest absolute Gasteiger partial charge is 0.360 e. The Balaban J connectivity index is 1.88. The first kappa shape index (κ1) is 22.0. The molecule has 0 spiro atoms. The van der Waals surface area contributed by atoms with Gasteiger partial charge in [-0.05, 0) is 44.5 Å². The van der Waals surface area contributed by atoms with E-state index in [9.17, 15) is 14.4 Å². The Morgan fingerprint density at radius 1 is 1.03 bits per heavy atom. The summed E-state index contributed by atoms with van der Waals surface area (Å²) < 4.78 is 0. The number of H-pyrrole nitrogens is 1. The highest BCUT2D eigenvalue weighted by atomic mass is 16.5. The highest BCUT2D eigenvalue weighted by Gasteiger charge is 2.24. The van der Waals surface area contributed by atoms with Gasteiger partial charge in [-0.25, -0.2) is 5.48 Å². The van der Waals surface area contributed by atoms with Gasteiger partial charge in [-0.1, -0.05) is 30.3 Å². The van der Waals surface area contributed by atoms with Gasteiger partial charge in [-0.15, -0.1) is 0 Å². The summed E-state index contributed by atoms with van der Waals surface area (Å²) in [5.74, 6) is -1.17. The van der Waals surface area contributed by atoms with E-state index >= 15 is 0 Å². The van der Waals surface area contributed by atoms with Crippen LogP contribution in [-0.4, -0.2) is 44.9 Å². The third kappa shape index (κ3) is 5.49. The van der Waals surface area contributed by atoms with Crippen LogP contribution in [0.4, 0.5) is 0 Å². The maximum Gasteiger partial charge on any atom is 0.274 e. The average Bonchev–Trinajstić information content (AvgIpc) is 3.15. The molecule has 3 amide bonds. The number of fused-ring (bicyclic) bond motifs is 1. The number of hydrogen-bond acceptors (Lipinski definition) is 4. The Morgan fingerprint density at radius 3 is 2.35 bits per heavy atom. The first-order valence-corrected chi connectivity index (χ1v) is 9.88. The molecule has 0 saturated carbocycles. The monoisotopic (exact) mass is 422 g/mol. The normalized spacial score (nSPS) is 11.2. The SMILES string of the molecule is CC(C)(C)NC(=O)CN(Cc1ccc(C(=O)NO)cc1)C(=O)c1c[nH]c2ccccc12. The van der Waals surface area contributed by atoms with Crippen molar-refractivity contribution in [1.29, 1.82) is 0 Å². The number of hydroxylamine groups is 1. The molecule has 0 bridgehead atoms. The fourth-order valence-corrected chi connectivity index (χ4v) is 3.30. The first-order valence-electron chi connectivity index (χ1n) is 9.88. The van der Waals surface area contributed by atoms with Crippen LogP contribution in [0.3, 0.4) is 0 Å². The van der Waals surface area contributed by atoms with E-state index in [1.165, 1.54) is 4.90 Å². The van der Waals surface area contributed by atoms with Crippen LogP contribution in [0.25, 0.3) is 10.9 Å². The van der Waals surface area contributed by atoms with E-state index in [1.807, 2.05) is 45.0 Å². The molecule has 31 heavy (non-hydrogen) atoms. The summed E-state index contributed by atoms with van der Waals surface area (Å²) in [4.78, 5) is 42.1. The van der Waals surface area contributed by atoms with Crippen molar-refractivity contribution in [3.63, 3.8) is 0 Å². The Morgan fingerprint density at radius 2 is 1.71 bits per heavy atom. The van der Waals surface area contributed by atoms with E-state index in [1.54, 1.807) is 35.9 Å². The van der Waals surface area contributed by atoms with Crippen LogP contribution in [0, 0.1) is 0 Å². The molecule has 3 aromatic rings. The van der Waals surface area contributed by atoms with Crippen LogP contribution in [0.2, 0.25) is 0 Å². The summed E-state index contributed by atoms with van der Waals surface area (Å²) in [5.41, 5.74) is 3.50. The van der Waals surface area contributed by atoms with Gasteiger partial charge in [0.25, 0.3) is 11.8 Å². The summed E-state index contributed by atoms with van der Waals surface area (Å²) >= 11 is 0. The summed E-state index contributed by atoms with van der Waals surface area (Å²) in [6.45, 7) is 5.69. The van der Waals surface area contributed by atoms with Crippen molar-refractivity contribution in [1.82, 2.24) is 20.7 Å². The molecule has 1 heterocycles. The fraction of sp³-hybridized carbons (Fsp3) is 0.261. The van der Waals surface area contributed by atoms with Gasteiger partial charge < -0.3 is 15.2 Å². The van der Waals surface area contributed by atoms with E-state index < -0.39 is 11.4 Å². The van der Waals surface area contributed by atoms with E-state index in [2.05, 4.69) is 10.3 Å². The molecule has 4 N–H and O–H groups in total. The minimum absolute atomic E-state index is 0.117. The molecule has 1 aromatic heterocycles. The second-order valence-corrected chi connectivity index (χ2v) is 8.35. The molecular formula is C23H26N4O4. The molecule has 8 nitrogen and oxygen atoms in total. The third-order valence-corrected chi connectivity index (χ3v) is 4.65. The van der Waals surface area contributed by atoms with Gasteiger partial charge in [-0.2, -0.15) is 0 Å².